The van der Waals surface area contributed by atoms with Gasteiger partial charge in [-0.3, -0.25) is 13.4 Å². The Labute approximate surface area is 318 Å². The number of hydrogen-bond donors (Lipinski definition) is 2. The number of methoxy groups -OCH3 is 1. The summed E-state index contributed by atoms with van der Waals surface area (Å²) in [5.74, 6) is 1.000. The molecule has 5 aromatic rings. The predicted molar refractivity (Wildman–Crippen MR) is 212 cm³/mol. The van der Waals surface area contributed by atoms with Crippen LogP contribution in [-0.4, -0.2) is 67.8 Å². The van der Waals surface area contributed by atoms with Crippen LogP contribution in [0.2, 0.25) is 0 Å². The zero-order valence-corrected chi connectivity index (χ0v) is 30.9. The summed E-state index contributed by atoms with van der Waals surface area (Å²) in [7, 11) is -1.35. The minimum atomic E-state index is -2.91. The normalized spacial score (nSPS) is 13.2. The quantitative estimate of drug-likeness (QED) is 0.0932. The predicted octanol–water partition coefficient (Wildman–Crippen LogP) is 8.24. The molecule has 0 bridgehead atoms. The van der Waals surface area contributed by atoms with E-state index < -0.39 is 19.1 Å². The Morgan fingerprint density at radius 3 is 2.00 bits per heavy atom. The van der Waals surface area contributed by atoms with Crippen molar-refractivity contribution in [2.75, 3.05) is 26.8 Å². The Morgan fingerprint density at radius 1 is 0.782 bits per heavy atom. The first-order valence-corrected chi connectivity index (χ1v) is 17.6. The molecule has 4 aromatic carbocycles. The number of carbonyl (C=O) groups excluding carboxylic acids is 2. The molecule has 280 valence electrons. The number of rotatable bonds is 13. The van der Waals surface area contributed by atoms with E-state index in [1.807, 2.05) is 54.6 Å². The van der Waals surface area contributed by atoms with E-state index in [9.17, 15) is 9.59 Å². The second-order valence-electron chi connectivity index (χ2n) is 13.5. The van der Waals surface area contributed by atoms with Crippen LogP contribution in [0.25, 0.3) is 28.0 Å². The summed E-state index contributed by atoms with van der Waals surface area (Å²) in [4.78, 5) is 34.0. The maximum absolute atomic E-state index is 15.2. The number of carbonyl (C=O) groups is 2. The maximum atomic E-state index is 15.2. The lowest BCUT2D eigenvalue weighted by molar-refractivity contribution is -0.123. The first-order chi connectivity index (χ1) is 26.5. The van der Waals surface area contributed by atoms with Crippen molar-refractivity contribution in [3.8, 4) is 33.9 Å². The summed E-state index contributed by atoms with van der Waals surface area (Å²) in [6, 6.07) is 34.5. The molecule has 0 saturated carbocycles. The second-order valence-corrected chi connectivity index (χ2v) is 13.5. The van der Waals surface area contributed by atoms with Crippen LogP contribution in [0.15, 0.2) is 131 Å². The number of ether oxygens (including phenoxy) is 3. The van der Waals surface area contributed by atoms with Gasteiger partial charge in [-0.1, -0.05) is 84.9 Å². The Hall–Kier alpha value is -6.50. The summed E-state index contributed by atoms with van der Waals surface area (Å²) in [6.07, 6.45) is 1.31. The number of nitrogens with one attached hydrogen (secondary N) is 2. The van der Waals surface area contributed by atoms with E-state index in [0.29, 0.717) is 50.7 Å². The van der Waals surface area contributed by atoms with Crippen LogP contribution < -0.4 is 20.1 Å². The summed E-state index contributed by atoms with van der Waals surface area (Å²) in [5, 5.41) is 5.27. The Balaban J connectivity index is 1.29. The number of hydrogen-bond acceptors (Lipinski definition) is 6. The number of nitrogens with zero attached hydrogens (tertiary/aromatic N) is 3. The molecular formula is C42H40BF2N5O5. The molecule has 0 unspecified atom stereocenters. The van der Waals surface area contributed by atoms with Gasteiger partial charge in [0.2, 0.25) is 0 Å². The second kappa shape index (κ2) is 17.1. The highest BCUT2D eigenvalue weighted by Crippen LogP contribution is 2.41. The zero-order valence-electron chi connectivity index (χ0n) is 30.9. The average molecular weight is 744 g/mol. The molecule has 0 saturated heterocycles. The van der Waals surface area contributed by atoms with Crippen LogP contribution in [0.1, 0.15) is 31.9 Å². The minimum absolute atomic E-state index is 0.0465. The summed E-state index contributed by atoms with van der Waals surface area (Å²) >= 11 is 0. The van der Waals surface area contributed by atoms with Crippen molar-refractivity contribution < 1.29 is 32.4 Å². The van der Waals surface area contributed by atoms with E-state index in [1.165, 1.54) is 0 Å². The molecule has 0 fully saturated rings. The number of aliphatic imine (C=N–C) groups is 2. The van der Waals surface area contributed by atoms with Gasteiger partial charge in [0.1, 0.15) is 22.9 Å². The van der Waals surface area contributed by atoms with Gasteiger partial charge in [-0.15, -0.1) is 0 Å². The fraction of sp³-hybridized carbons (Fsp3) is 0.190. The third-order valence-corrected chi connectivity index (χ3v) is 8.36. The van der Waals surface area contributed by atoms with Crippen LogP contribution in [0.3, 0.4) is 0 Å². The van der Waals surface area contributed by atoms with E-state index in [4.69, 9.17) is 24.2 Å². The summed E-state index contributed by atoms with van der Waals surface area (Å²) < 4.78 is 47.5. The third-order valence-electron chi connectivity index (χ3n) is 8.36. The molecule has 2 N–H and O–H groups in total. The maximum Gasteiger partial charge on any atom is 0.679 e. The number of halogens is 2. The van der Waals surface area contributed by atoms with Crippen molar-refractivity contribution in [3.05, 3.63) is 132 Å². The molecular weight excluding hydrogens is 703 g/mol. The van der Waals surface area contributed by atoms with Crippen molar-refractivity contribution in [1.82, 2.24) is 15.1 Å². The van der Waals surface area contributed by atoms with E-state index in [2.05, 4.69) is 10.6 Å². The van der Waals surface area contributed by atoms with Gasteiger partial charge in [0.25, 0.3) is 5.91 Å². The molecule has 2 heterocycles. The number of amidine groups is 1. The monoisotopic (exact) mass is 743 g/mol. The van der Waals surface area contributed by atoms with Gasteiger partial charge in [-0.25, -0.2) is 14.8 Å². The van der Waals surface area contributed by atoms with Crippen LogP contribution >= 0.6 is 0 Å². The Kier molecular flexibility index (Phi) is 11.9. The van der Waals surface area contributed by atoms with E-state index >= 15 is 8.63 Å². The van der Waals surface area contributed by atoms with Gasteiger partial charge >= 0.3 is 13.5 Å². The highest BCUT2D eigenvalue weighted by molar-refractivity contribution is 6.43. The number of alkyl carbamates (subject to hydrolysis) is 1. The van der Waals surface area contributed by atoms with Crippen LogP contribution in [-0.2, 0) is 9.53 Å². The van der Waals surface area contributed by atoms with Gasteiger partial charge in [0.15, 0.2) is 12.4 Å². The van der Waals surface area contributed by atoms with Crippen molar-refractivity contribution in [2.24, 2.45) is 9.98 Å². The highest BCUT2D eigenvalue weighted by Gasteiger charge is 2.30. The van der Waals surface area contributed by atoms with Gasteiger partial charge < -0.3 is 29.3 Å². The van der Waals surface area contributed by atoms with Crippen molar-refractivity contribution in [3.63, 3.8) is 0 Å². The van der Waals surface area contributed by atoms with Crippen molar-refractivity contribution in [1.29, 1.82) is 0 Å². The van der Waals surface area contributed by atoms with Crippen molar-refractivity contribution >= 4 is 42.3 Å². The Bertz CT molecular complexity index is 2210. The molecule has 1 aliphatic rings. The van der Waals surface area contributed by atoms with E-state index in [-0.39, 0.29) is 37.3 Å². The SMILES string of the molecule is COc1ccc(-c2cc(-c3ccccc3)n(B(F)F)c2N=C2N=C(c3ccccc3)C=C2c2ccc(OCC(=O)NCCNC(=O)OC(C)(C)C)cc2)cc1. The van der Waals surface area contributed by atoms with Gasteiger partial charge in [-0.2, -0.15) is 0 Å². The molecule has 2 amide bonds. The third kappa shape index (κ3) is 9.74. The van der Waals surface area contributed by atoms with Crippen LogP contribution in [0.4, 0.5) is 19.2 Å². The largest absolute Gasteiger partial charge is 0.679 e. The average Bonchev–Trinajstić information content (AvgIpc) is 3.78. The topological polar surface area (TPSA) is 116 Å². The van der Waals surface area contributed by atoms with E-state index in [0.717, 1.165) is 10.0 Å². The number of aromatic nitrogens is 1. The fourth-order valence-electron chi connectivity index (χ4n) is 5.81. The first kappa shape index (κ1) is 38.2. The van der Waals surface area contributed by atoms with Gasteiger partial charge in [0.05, 0.1) is 12.8 Å². The number of benzene rings is 4. The molecule has 0 aliphatic carbocycles. The minimum Gasteiger partial charge on any atom is -0.497 e. The van der Waals surface area contributed by atoms with Crippen molar-refractivity contribution in [2.45, 2.75) is 26.4 Å². The molecule has 1 aromatic heterocycles. The standard InChI is InChI=1S/C42H40BF2N5O5/c1-42(2,3)55-41(52)47-24-23-46-38(51)27-54-33-21-17-28(18-22-33)34-25-36(30-11-7-5-8-12-30)48-39(34)49-40-35(29-15-19-32(53-4)20-16-29)26-37(50(40)43(44)45)31-13-9-6-10-14-31/h5-22,25-26H,23-24,27H2,1-4H3,(H,46,51)(H,47,52). The van der Waals surface area contributed by atoms with Crippen LogP contribution in [0, 0.1) is 0 Å². The molecule has 0 spiro atoms. The van der Waals surface area contributed by atoms with Gasteiger partial charge in [-0.05, 0) is 73.9 Å². The summed E-state index contributed by atoms with van der Waals surface area (Å²) in [6.45, 7) is 5.44. The smallest absolute Gasteiger partial charge is 0.497 e. The number of amides is 2. The number of allylic oxidation sites excluding steroid dienone is 1. The lowest BCUT2D eigenvalue weighted by Gasteiger charge is -2.19. The highest BCUT2D eigenvalue weighted by atomic mass is 19.2. The lowest BCUT2D eigenvalue weighted by atomic mass is 10.0. The first-order valence-electron chi connectivity index (χ1n) is 17.6. The molecule has 55 heavy (non-hydrogen) atoms. The molecule has 0 atom stereocenters. The molecule has 1 aliphatic heterocycles. The molecule has 13 heteroatoms. The fourth-order valence-corrected chi connectivity index (χ4v) is 5.81. The Morgan fingerprint density at radius 2 is 1.38 bits per heavy atom. The van der Waals surface area contributed by atoms with Crippen LogP contribution in [0.5, 0.6) is 11.5 Å². The van der Waals surface area contributed by atoms with Gasteiger partial charge in [0, 0.05) is 35.5 Å². The van der Waals surface area contributed by atoms with E-state index in [1.54, 1.807) is 94.6 Å². The zero-order chi connectivity index (χ0) is 39.0. The summed E-state index contributed by atoms with van der Waals surface area (Å²) in [5.41, 5.74) is 4.26. The molecule has 0 radical (unpaired) electrons. The molecule has 6 rings (SSSR count). The lowest BCUT2D eigenvalue weighted by Crippen LogP contribution is -2.39. The molecule has 10 nitrogen and oxygen atoms in total.